The van der Waals surface area contributed by atoms with Gasteiger partial charge in [0.05, 0.1) is 10.9 Å². The fraction of sp³-hybridized carbons (Fsp3) is 0.562. The van der Waals surface area contributed by atoms with Crippen LogP contribution in [-0.2, 0) is 14.8 Å². The van der Waals surface area contributed by atoms with Gasteiger partial charge in [-0.1, -0.05) is 0 Å². The number of halogens is 1. The van der Waals surface area contributed by atoms with Crippen molar-refractivity contribution < 1.29 is 17.6 Å². The Morgan fingerprint density at radius 1 is 1.24 bits per heavy atom. The zero-order valence-corrected chi connectivity index (χ0v) is 15.9. The molecule has 2 rings (SSSR count). The molecule has 0 bridgehead atoms. The number of carbonyl (C=O) groups excluding carboxylic acids is 1. The Morgan fingerprint density at radius 2 is 1.92 bits per heavy atom. The van der Waals surface area contributed by atoms with Crippen molar-refractivity contribution in [2.24, 2.45) is 5.73 Å². The summed E-state index contributed by atoms with van der Waals surface area (Å²) in [6, 6.07) is 4.23. The SMILES string of the molecule is CSCCC(N)C(=O)N1CCCN(S(=O)(=O)c2ccc(F)cc2)CC1. The van der Waals surface area contributed by atoms with Crippen LogP contribution in [0.2, 0.25) is 0 Å². The highest BCUT2D eigenvalue weighted by atomic mass is 32.2. The van der Waals surface area contributed by atoms with Crippen molar-refractivity contribution in [1.29, 1.82) is 0 Å². The summed E-state index contributed by atoms with van der Waals surface area (Å²) >= 11 is 1.64. The molecule has 1 aliphatic heterocycles. The first kappa shape index (κ1) is 20.2. The van der Waals surface area contributed by atoms with E-state index < -0.39 is 21.9 Å². The van der Waals surface area contributed by atoms with E-state index >= 15 is 0 Å². The molecule has 1 aromatic rings. The molecule has 1 saturated heterocycles. The van der Waals surface area contributed by atoms with Gasteiger partial charge in [-0.2, -0.15) is 16.1 Å². The maximum atomic E-state index is 13.0. The molecule has 0 radical (unpaired) electrons. The normalized spacial score (nSPS) is 18.0. The summed E-state index contributed by atoms with van der Waals surface area (Å²) in [6.07, 6.45) is 3.11. The third-order valence-electron chi connectivity index (χ3n) is 4.17. The molecular weight excluding hydrogens is 365 g/mol. The summed E-state index contributed by atoms with van der Waals surface area (Å²) in [5.41, 5.74) is 5.94. The number of thioether (sulfide) groups is 1. The van der Waals surface area contributed by atoms with E-state index in [9.17, 15) is 17.6 Å². The molecule has 25 heavy (non-hydrogen) atoms. The van der Waals surface area contributed by atoms with Crippen molar-refractivity contribution >= 4 is 27.7 Å². The van der Waals surface area contributed by atoms with E-state index in [0.29, 0.717) is 32.5 Å². The van der Waals surface area contributed by atoms with Gasteiger partial charge in [0.25, 0.3) is 0 Å². The summed E-state index contributed by atoms with van der Waals surface area (Å²) in [5, 5.41) is 0. The molecule has 0 saturated carbocycles. The van der Waals surface area contributed by atoms with Crippen LogP contribution < -0.4 is 5.73 Å². The Bertz CT molecular complexity index is 682. The Kier molecular flexibility index (Phi) is 7.24. The van der Waals surface area contributed by atoms with Gasteiger partial charge in [0.1, 0.15) is 5.82 Å². The lowest BCUT2D eigenvalue weighted by molar-refractivity contribution is -0.132. The lowest BCUT2D eigenvalue weighted by Gasteiger charge is -2.24. The van der Waals surface area contributed by atoms with Crippen LogP contribution in [0.25, 0.3) is 0 Å². The highest BCUT2D eigenvalue weighted by Gasteiger charge is 2.29. The molecule has 2 N–H and O–H groups in total. The molecule has 1 aliphatic rings. The first-order chi connectivity index (χ1) is 11.9. The number of rotatable bonds is 6. The van der Waals surface area contributed by atoms with E-state index in [-0.39, 0.29) is 17.3 Å². The number of nitrogens with two attached hydrogens (primary N) is 1. The van der Waals surface area contributed by atoms with Gasteiger partial charge in [-0.15, -0.1) is 0 Å². The largest absolute Gasteiger partial charge is 0.340 e. The fourth-order valence-corrected chi connectivity index (χ4v) is 4.67. The van der Waals surface area contributed by atoms with Gasteiger partial charge < -0.3 is 10.6 Å². The molecular formula is C16H24FN3O3S2. The third-order valence-corrected chi connectivity index (χ3v) is 6.72. The van der Waals surface area contributed by atoms with E-state index in [1.165, 1.54) is 16.4 Å². The predicted molar refractivity (Wildman–Crippen MR) is 97.3 cm³/mol. The molecule has 1 fully saturated rings. The number of nitrogens with zero attached hydrogens (tertiary/aromatic N) is 2. The Morgan fingerprint density at radius 3 is 2.56 bits per heavy atom. The average molecular weight is 390 g/mol. The van der Waals surface area contributed by atoms with Gasteiger partial charge >= 0.3 is 0 Å². The van der Waals surface area contributed by atoms with E-state index in [2.05, 4.69) is 0 Å². The van der Waals surface area contributed by atoms with Crippen molar-refractivity contribution in [3.8, 4) is 0 Å². The van der Waals surface area contributed by atoms with Crippen molar-refractivity contribution in [3.05, 3.63) is 30.1 Å². The fourth-order valence-electron chi connectivity index (χ4n) is 2.71. The van der Waals surface area contributed by atoms with Gasteiger partial charge in [-0.05, 0) is 49.1 Å². The lowest BCUT2D eigenvalue weighted by Crippen LogP contribution is -2.45. The lowest BCUT2D eigenvalue weighted by atomic mass is 10.2. The number of hydrogen-bond donors (Lipinski definition) is 1. The second-order valence-corrected chi connectivity index (χ2v) is 8.85. The minimum absolute atomic E-state index is 0.0605. The van der Waals surface area contributed by atoms with Crippen LogP contribution in [0.1, 0.15) is 12.8 Å². The molecule has 1 heterocycles. The molecule has 1 unspecified atom stereocenters. The van der Waals surface area contributed by atoms with Crippen molar-refractivity contribution in [2.45, 2.75) is 23.8 Å². The number of sulfonamides is 1. The number of carbonyl (C=O) groups is 1. The van der Waals surface area contributed by atoms with Crippen molar-refractivity contribution in [2.75, 3.05) is 38.2 Å². The Hall–Kier alpha value is -1.16. The zero-order chi connectivity index (χ0) is 18.4. The molecule has 0 spiro atoms. The summed E-state index contributed by atoms with van der Waals surface area (Å²) in [7, 11) is -3.69. The van der Waals surface area contributed by atoms with Crippen LogP contribution in [0.3, 0.4) is 0 Å². The minimum atomic E-state index is -3.69. The zero-order valence-electron chi connectivity index (χ0n) is 14.2. The molecule has 9 heteroatoms. The molecule has 1 amide bonds. The van der Waals surface area contributed by atoms with E-state index in [0.717, 1.165) is 17.9 Å². The Labute approximate surface area is 152 Å². The van der Waals surface area contributed by atoms with Gasteiger partial charge in [0.2, 0.25) is 15.9 Å². The summed E-state index contributed by atoms with van der Waals surface area (Å²) in [4.78, 5) is 14.1. The Balaban J connectivity index is 2.03. The van der Waals surface area contributed by atoms with Gasteiger partial charge in [-0.25, -0.2) is 12.8 Å². The molecule has 140 valence electrons. The highest BCUT2D eigenvalue weighted by Crippen LogP contribution is 2.18. The second kappa shape index (κ2) is 8.98. The van der Waals surface area contributed by atoms with Crippen LogP contribution in [0.15, 0.2) is 29.2 Å². The first-order valence-corrected chi connectivity index (χ1v) is 11.0. The van der Waals surface area contributed by atoms with Crippen molar-refractivity contribution in [3.63, 3.8) is 0 Å². The van der Waals surface area contributed by atoms with Gasteiger partial charge in [0.15, 0.2) is 0 Å². The topological polar surface area (TPSA) is 83.7 Å². The minimum Gasteiger partial charge on any atom is -0.340 e. The quantitative estimate of drug-likeness (QED) is 0.789. The van der Waals surface area contributed by atoms with E-state index in [4.69, 9.17) is 5.73 Å². The van der Waals surface area contributed by atoms with Crippen LogP contribution in [0.4, 0.5) is 4.39 Å². The average Bonchev–Trinajstić information content (AvgIpc) is 2.86. The molecule has 0 aromatic heterocycles. The summed E-state index contributed by atoms with van der Waals surface area (Å²) in [5.74, 6) is 0.201. The molecule has 1 aromatic carbocycles. The highest BCUT2D eigenvalue weighted by molar-refractivity contribution is 7.98. The second-order valence-electron chi connectivity index (χ2n) is 5.92. The molecule has 1 atom stereocenters. The van der Waals surface area contributed by atoms with Crippen LogP contribution in [-0.4, -0.2) is 67.8 Å². The summed E-state index contributed by atoms with van der Waals surface area (Å²) in [6.45, 7) is 1.33. The monoisotopic (exact) mass is 389 g/mol. The smallest absolute Gasteiger partial charge is 0.243 e. The van der Waals surface area contributed by atoms with Crippen molar-refractivity contribution in [1.82, 2.24) is 9.21 Å². The van der Waals surface area contributed by atoms with Gasteiger partial charge in [-0.3, -0.25) is 4.79 Å². The third kappa shape index (κ3) is 5.16. The molecule has 6 nitrogen and oxygen atoms in total. The van der Waals surface area contributed by atoms with E-state index in [1.54, 1.807) is 16.7 Å². The van der Waals surface area contributed by atoms with E-state index in [1.807, 2.05) is 6.26 Å². The van der Waals surface area contributed by atoms with Crippen LogP contribution >= 0.6 is 11.8 Å². The van der Waals surface area contributed by atoms with Crippen LogP contribution in [0, 0.1) is 5.82 Å². The maximum absolute atomic E-state index is 13.0. The first-order valence-electron chi connectivity index (χ1n) is 8.15. The van der Waals surface area contributed by atoms with Gasteiger partial charge in [0, 0.05) is 26.2 Å². The maximum Gasteiger partial charge on any atom is 0.243 e. The number of amides is 1. The standard InChI is InChI=1S/C16H24FN3O3S2/c1-24-12-7-15(18)16(21)19-8-2-9-20(11-10-19)25(22,23)14-5-3-13(17)4-6-14/h3-6,15H,2,7-12,18H2,1H3. The van der Waals surface area contributed by atoms with Crippen LogP contribution in [0.5, 0.6) is 0 Å². The predicted octanol–water partition coefficient (Wildman–Crippen LogP) is 1.13. The molecule has 0 aliphatic carbocycles. The summed E-state index contributed by atoms with van der Waals surface area (Å²) < 4.78 is 39.7. The number of benzene rings is 1. The number of hydrogen-bond acceptors (Lipinski definition) is 5.